The molecule has 0 amide bonds. The van der Waals surface area contributed by atoms with Crippen LogP contribution in [0.3, 0.4) is 0 Å². The Balaban J connectivity index is 2.23. The highest BCUT2D eigenvalue weighted by Crippen LogP contribution is 2.22. The smallest absolute Gasteiger partial charge is 0.246 e. The van der Waals surface area contributed by atoms with Crippen LogP contribution < -0.4 is 5.73 Å². The zero-order valence-electron chi connectivity index (χ0n) is 10.2. The van der Waals surface area contributed by atoms with E-state index in [0.717, 1.165) is 5.56 Å². The summed E-state index contributed by atoms with van der Waals surface area (Å²) in [6.07, 6.45) is 1.29. The molecule has 5 nitrogen and oxygen atoms in total. The van der Waals surface area contributed by atoms with Gasteiger partial charge in [0.2, 0.25) is 11.7 Å². The van der Waals surface area contributed by atoms with Gasteiger partial charge in [-0.2, -0.15) is 4.98 Å². The third kappa shape index (κ3) is 2.72. The van der Waals surface area contributed by atoms with E-state index in [1.165, 1.54) is 4.90 Å². The average molecular weight is 265 g/mol. The molecule has 0 aliphatic heterocycles. The first-order valence-corrected chi connectivity index (χ1v) is 6.76. The number of rotatable bonds is 4. The summed E-state index contributed by atoms with van der Waals surface area (Å²) in [5.74, 6) is 0.725. The van der Waals surface area contributed by atoms with Crippen molar-refractivity contribution < 1.29 is 9.63 Å². The quantitative estimate of drug-likeness (QED) is 0.820. The van der Waals surface area contributed by atoms with Crippen LogP contribution in [0.5, 0.6) is 0 Å². The van der Waals surface area contributed by atoms with Gasteiger partial charge in [0.15, 0.2) is 0 Å². The number of aliphatic hydroxyl groups is 1. The number of aliphatic hydroxyl groups excluding tert-OH is 1. The van der Waals surface area contributed by atoms with Gasteiger partial charge in [0.05, 0.1) is 6.10 Å². The van der Waals surface area contributed by atoms with Gasteiger partial charge in [-0.05, 0) is 37.4 Å². The largest absolute Gasteiger partial charge is 0.391 e. The van der Waals surface area contributed by atoms with Gasteiger partial charge in [-0.3, -0.25) is 0 Å². The Labute approximate surface area is 109 Å². The molecule has 6 heteroatoms. The Morgan fingerprint density at radius 1 is 1.33 bits per heavy atom. The molecule has 0 radical (unpaired) electrons. The fourth-order valence-electron chi connectivity index (χ4n) is 1.43. The SMILES string of the molecule is CSc1ccc(-c2noc([C@@H](N)[C@@H](C)O)n2)cc1. The molecular weight excluding hydrogens is 250 g/mol. The summed E-state index contributed by atoms with van der Waals surface area (Å²) in [6.45, 7) is 1.59. The second-order valence-corrected chi connectivity index (χ2v) is 4.83. The number of thioether (sulfide) groups is 1. The topological polar surface area (TPSA) is 85.2 Å². The number of hydrogen-bond acceptors (Lipinski definition) is 6. The van der Waals surface area contributed by atoms with E-state index in [4.69, 9.17) is 10.3 Å². The molecule has 0 saturated carbocycles. The molecule has 0 aliphatic rings. The highest BCUT2D eigenvalue weighted by Gasteiger charge is 2.19. The van der Waals surface area contributed by atoms with Crippen molar-refractivity contribution in [1.82, 2.24) is 10.1 Å². The predicted octanol–water partition coefficient (Wildman–Crippen LogP) is 1.84. The van der Waals surface area contributed by atoms with Crippen LogP contribution in [0.4, 0.5) is 0 Å². The maximum absolute atomic E-state index is 9.37. The molecule has 0 aliphatic carbocycles. The fraction of sp³-hybridized carbons (Fsp3) is 0.333. The van der Waals surface area contributed by atoms with E-state index in [-0.39, 0.29) is 5.89 Å². The fourth-order valence-corrected chi connectivity index (χ4v) is 1.84. The van der Waals surface area contributed by atoms with Crippen LogP contribution in [0.15, 0.2) is 33.7 Å². The summed E-state index contributed by atoms with van der Waals surface area (Å²) >= 11 is 1.67. The first-order valence-electron chi connectivity index (χ1n) is 5.53. The molecule has 3 N–H and O–H groups in total. The van der Waals surface area contributed by atoms with Crippen LogP contribution in [0, 0.1) is 0 Å². The van der Waals surface area contributed by atoms with Gasteiger partial charge in [-0.1, -0.05) is 5.16 Å². The van der Waals surface area contributed by atoms with Crippen LogP contribution in [0.2, 0.25) is 0 Å². The first-order chi connectivity index (χ1) is 8.61. The minimum Gasteiger partial charge on any atom is -0.391 e. The molecule has 2 atom stereocenters. The zero-order valence-corrected chi connectivity index (χ0v) is 11.0. The van der Waals surface area contributed by atoms with E-state index in [9.17, 15) is 5.11 Å². The highest BCUT2D eigenvalue weighted by molar-refractivity contribution is 7.98. The monoisotopic (exact) mass is 265 g/mol. The molecule has 18 heavy (non-hydrogen) atoms. The molecule has 0 spiro atoms. The molecule has 0 fully saturated rings. The van der Waals surface area contributed by atoms with Crippen molar-refractivity contribution in [3.05, 3.63) is 30.2 Å². The van der Waals surface area contributed by atoms with Crippen LogP contribution in [0.1, 0.15) is 18.9 Å². The van der Waals surface area contributed by atoms with Gasteiger partial charge in [-0.25, -0.2) is 0 Å². The van der Waals surface area contributed by atoms with Crippen LogP contribution in [-0.4, -0.2) is 27.6 Å². The Morgan fingerprint density at radius 3 is 2.56 bits per heavy atom. The van der Waals surface area contributed by atoms with E-state index in [1.54, 1.807) is 18.7 Å². The van der Waals surface area contributed by atoms with Gasteiger partial charge >= 0.3 is 0 Å². The predicted molar refractivity (Wildman–Crippen MR) is 70.1 cm³/mol. The summed E-state index contributed by atoms with van der Waals surface area (Å²) in [5, 5.41) is 13.2. The number of nitrogens with two attached hydrogens (primary N) is 1. The van der Waals surface area contributed by atoms with Crippen LogP contribution >= 0.6 is 11.8 Å². The summed E-state index contributed by atoms with van der Waals surface area (Å²) in [4.78, 5) is 5.36. The zero-order chi connectivity index (χ0) is 13.1. The lowest BCUT2D eigenvalue weighted by atomic mass is 10.2. The average Bonchev–Trinajstić information content (AvgIpc) is 2.87. The van der Waals surface area contributed by atoms with Crippen molar-refractivity contribution in [2.45, 2.75) is 24.0 Å². The van der Waals surface area contributed by atoms with E-state index in [2.05, 4.69) is 10.1 Å². The molecule has 2 aromatic rings. The molecule has 0 saturated heterocycles. The summed E-state index contributed by atoms with van der Waals surface area (Å²) < 4.78 is 5.05. The van der Waals surface area contributed by atoms with Crippen molar-refractivity contribution >= 4 is 11.8 Å². The van der Waals surface area contributed by atoms with Crippen molar-refractivity contribution in [3.63, 3.8) is 0 Å². The Kier molecular flexibility index (Phi) is 4.00. The lowest BCUT2D eigenvalue weighted by Gasteiger charge is -2.08. The van der Waals surface area contributed by atoms with Gasteiger partial charge in [0, 0.05) is 10.5 Å². The molecule has 1 heterocycles. The minimum atomic E-state index is -0.725. The first kappa shape index (κ1) is 13.1. The van der Waals surface area contributed by atoms with Gasteiger partial charge < -0.3 is 15.4 Å². The molecular formula is C12H15N3O2S. The van der Waals surface area contributed by atoms with Crippen LogP contribution in [-0.2, 0) is 0 Å². The molecule has 96 valence electrons. The molecule has 1 aromatic carbocycles. The minimum absolute atomic E-state index is 0.244. The summed E-state index contributed by atoms with van der Waals surface area (Å²) in [5.41, 5.74) is 6.59. The van der Waals surface area contributed by atoms with E-state index >= 15 is 0 Å². The van der Waals surface area contributed by atoms with Crippen molar-refractivity contribution in [2.75, 3.05) is 6.26 Å². The van der Waals surface area contributed by atoms with E-state index in [0.29, 0.717) is 5.82 Å². The standard InChI is InChI=1S/C12H15N3O2S/c1-7(16)10(13)12-14-11(15-17-12)8-3-5-9(18-2)6-4-8/h3-7,10,16H,13H2,1-2H3/t7-,10+/m1/s1. The lowest BCUT2D eigenvalue weighted by molar-refractivity contribution is 0.146. The Hall–Kier alpha value is -1.37. The number of aromatic nitrogens is 2. The summed E-state index contributed by atoms with van der Waals surface area (Å²) in [7, 11) is 0. The number of benzene rings is 1. The Bertz CT molecular complexity index is 510. The van der Waals surface area contributed by atoms with Gasteiger partial charge in [-0.15, -0.1) is 11.8 Å². The van der Waals surface area contributed by atoms with E-state index < -0.39 is 12.1 Å². The highest BCUT2D eigenvalue weighted by atomic mass is 32.2. The van der Waals surface area contributed by atoms with Crippen molar-refractivity contribution in [3.8, 4) is 11.4 Å². The molecule has 2 rings (SSSR count). The lowest BCUT2D eigenvalue weighted by Crippen LogP contribution is -2.23. The number of nitrogens with zero attached hydrogens (tertiary/aromatic N) is 2. The maximum atomic E-state index is 9.37. The molecule has 0 unspecified atom stereocenters. The van der Waals surface area contributed by atoms with Crippen molar-refractivity contribution in [1.29, 1.82) is 0 Å². The van der Waals surface area contributed by atoms with E-state index in [1.807, 2.05) is 30.5 Å². The maximum Gasteiger partial charge on any atom is 0.246 e. The molecule has 1 aromatic heterocycles. The summed E-state index contributed by atoms with van der Waals surface area (Å²) in [6, 6.07) is 7.18. The second kappa shape index (κ2) is 5.51. The van der Waals surface area contributed by atoms with Gasteiger partial charge in [0.25, 0.3) is 0 Å². The second-order valence-electron chi connectivity index (χ2n) is 3.95. The third-order valence-electron chi connectivity index (χ3n) is 2.59. The number of hydrogen-bond donors (Lipinski definition) is 2. The normalized spacial score (nSPS) is 14.4. The van der Waals surface area contributed by atoms with Gasteiger partial charge in [0.1, 0.15) is 6.04 Å². The Morgan fingerprint density at radius 2 is 2.00 bits per heavy atom. The van der Waals surface area contributed by atoms with Crippen LogP contribution in [0.25, 0.3) is 11.4 Å². The van der Waals surface area contributed by atoms with Crippen molar-refractivity contribution in [2.24, 2.45) is 5.73 Å². The molecule has 0 bridgehead atoms. The third-order valence-corrected chi connectivity index (χ3v) is 3.34.